The van der Waals surface area contributed by atoms with Crippen LogP contribution in [0.2, 0.25) is 0 Å². The van der Waals surface area contributed by atoms with Gasteiger partial charge in [-0.05, 0) is 26.7 Å². The summed E-state index contributed by atoms with van der Waals surface area (Å²) < 4.78 is 0. The minimum absolute atomic E-state index is 0.301. The van der Waals surface area contributed by atoms with E-state index in [-0.39, 0.29) is 23.4 Å². The van der Waals surface area contributed by atoms with Gasteiger partial charge in [-0.15, -0.1) is 0 Å². The molecule has 0 spiro atoms. The van der Waals surface area contributed by atoms with Crippen molar-refractivity contribution in [2.75, 3.05) is 13.1 Å². The molecule has 182 valence electrons. The van der Waals surface area contributed by atoms with Gasteiger partial charge in [0, 0.05) is 24.2 Å². The van der Waals surface area contributed by atoms with Crippen LogP contribution >= 0.6 is 0 Å². The standard InChI is InChI=1S/C26H34N4O4/c1-5-7-9-15-29-25(33)21(17(3)27-29)23(31)19-11-13-20(14-12-19)24(32)22-18(4)28-30(26(22)34)16-10-8-6-2/h11-14,21-22H,5-10,15-16H2,1-4H3/t21-,22+. The number of unbranched alkanes of at least 4 members (excludes halogenated alkanes) is 4. The lowest BCUT2D eigenvalue weighted by molar-refractivity contribution is -0.131. The van der Waals surface area contributed by atoms with Crippen molar-refractivity contribution >= 4 is 34.8 Å². The minimum Gasteiger partial charge on any atom is -0.293 e. The van der Waals surface area contributed by atoms with E-state index < -0.39 is 11.8 Å². The number of Topliss-reactive ketones (excluding diaryl/α,β-unsaturated/α-hetero) is 2. The highest BCUT2D eigenvalue weighted by molar-refractivity contribution is 6.28. The fourth-order valence-electron chi connectivity index (χ4n) is 4.33. The molecular weight excluding hydrogens is 432 g/mol. The molecule has 2 aliphatic rings. The molecule has 0 N–H and O–H groups in total. The average Bonchev–Trinajstić information content (AvgIpc) is 3.27. The molecule has 0 unspecified atom stereocenters. The molecular formula is C26H34N4O4. The molecule has 0 radical (unpaired) electrons. The van der Waals surface area contributed by atoms with Crippen LogP contribution in [0.4, 0.5) is 0 Å². The third kappa shape index (κ3) is 5.32. The quantitative estimate of drug-likeness (QED) is 0.263. The molecule has 1 aromatic carbocycles. The van der Waals surface area contributed by atoms with E-state index in [9.17, 15) is 19.2 Å². The predicted molar refractivity (Wildman–Crippen MR) is 131 cm³/mol. The first-order chi connectivity index (χ1) is 16.3. The molecule has 1 aromatic rings. The number of carbonyl (C=O) groups excluding carboxylic acids is 4. The summed E-state index contributed by atoms with van der Waals surface area (Å²) in [5.74, 6) is -3.12. The van der Waals surface area contributed by atoms with Crippen LogP contribution < -0.4 is 0 Å². The van der Waals surface area contributed by atoms with Crippen LogP contribution in [0.25, 0.3) is 0 Å². The van der Waals surface area contributed by atoms with E-state index in [1.165, 1.54) is 10.0 Å². The Morgan fingerprint density at radius 1 is 0.706 bits per heavy atom. The number of amides is 2. The van der Waals surface area contributed by atoms with E-state index in [2.05, 4.69) is 24.1 Å². The number of benzene rings is 1. The maximum atomic E-state index is 13.1. The SMILES string of the molecule is CCCCCN1N=C(C)[C@H](C(=O)c2ccc(C(=O)[C@H]3C(=O)N(CCCCC)N=C3C)cc2)C1=O. The molecule has 0 aromatic heterocycles. The number of carbonyl (C=O) groups is 4. The van der Waals surface area contributed by atoms with Gasteiger partial charge in [-0.3, -0.25) is 19.2 Å². The van der Waals surface area contributed by atoms with Crippen molar-refractivity contribution in [3.8, 4) is 0 Å². The molecule has 0 saturated carbocycles. The van der Waals surface area contributed by atoms with Crippen LogP contribution in [-0.4, -0.2) is 57.9 Å². The van der Waals surface area contributed by atoms with Crippen LogP contribution in [0.1, 0.15) is 86.9 Å². The van der Waals surface area contributed by atoms with Gasteiger partial charge in [0.15, 0.2) is 11.6 Å². The topological polar surface area (TPSA) is 99.5 Å². The maximum Gasteiger partial charge on any atom is 0.259 e. The van der Waals surface area contributed by atoms with E-state index in [1.807, 2.05) is 0 Å². The molecule has 0 fully saturated rings. The van der Waals surface area contributed by atoms with E-state index in [0.29, 0.717) is 35.6 Å². The second kappa shape index (κ2) is 11.3. The smallest absolute Gasteiger partial charge is 0.259 e. The Kier molecular flexibility index (Phi) is 8.47. The molecule has 8 heteroatoms. The first-order valence-electron chi connectivity index (χ1n) is 12.2. The molecule has 2 heterocycles. The van der Waals surface area contributed by atoms with Crippen molar-refractivity contribution in [1.29, 1.82) is 0 Å². The Balaban J connectivity index is 1.67. The summed E-state index contributed by atoms with van der Waals surface area (Å²) in [5.41, 5.74) is 1.64. The van der Waals surface area contributed by atoms with Crippen LogP contribution in [0.15, 0.2) is 34.5 Å². The second-order valence-electron chi connectivity index (χ2n) is 8.99. The molecule has 0 aliphatic carbocycles. The van der Waals surface area contributed by atoms with Crippen LogP contribution in [0.3, 0.4) is 0 Å². The molecule has 2 atom stereocenters. The summed E-state index contributed by atoms with van der Waals surface area (Å²) in [6, 6.07) is 6.17. The third-order valence-corrected chi connectivity index (χ3v) is 6.32. The molecule has 2 aliphatic heterocycles. The number of hydrogen-bond donors (Lipinski definition) is 0. The van der Waals surface area contributed by atoms with Crippen molar-refractivity contribution in [3.63, 3.8) is 0 Å². The van der Waals surface area contributed by atoms with Crippen molar-refractivity contribution < 1.29 is 19.2 Å². The Morgan fingerprint density at radius 3 is 1.38 bits per heavy atom. The zero-order valence-corrected chi connectivity index (χ0v) is 20.5. The molecule has 0 saturated heterocycles. The van der Waals surface area contributed by atoms with Crippen molar-refractivity contribution in [2.24, 2.45) is 22.0 Å². The van der Waals surface area contributed by atoms with Gasteiger partial charge in [0.2, 0.25) is 0 Å². The number of ketones is 2. The predicted octanol–water partition coefficient (Wildman–Crippen LogP) is 4.10. The minimum atomic E-state index is -0.925. The summed E-state index contributed by atoms with van der Waals surface area (Å²) in [6.07, 6.45) is 5.75. The van der Waals surface area contributed by atoms with Gasteiger partial charge in [-0.2, -0.15) is 10.2 Å². The summed E-state index contributed by atoms with van der Waals surface area (Å²) >= 11 is 0. The number of hydrazone groups is 2. The summed E-state index contributed by atoms with van der Waals surface area (Å²) in [6.45, 7) is 8.57. The number of nitrogens with zero attached hydrogens (tertiary/aromatic N) is 4. The fraction of sp³-hybridized carbons (Fsp3) is 0.538. The van der Waals surface area contributed by atoms with Crippen LogP contribution in [0.5, 0.6) is 0 Å². The number of rotatable bonds is 12. The van der Waals surface area contributed by atoms with Gasteiger partial charge in [-0.25, -0.2) is 10.0 Å². The Labute approximate surface area is 201 Å². The molecule has 34 heavy (non-hydrogen) atoms. The summed E-state index contributed by atoms with van der Waals surface area (Å²) in [7, 11) is 0. The molecule has 8 nitrogen and oxygen atoms in total. The normalized spacial score (nSPS) is 20.1. The highest BCUT2D eigenvalue weighted by Gasteiger charge is 2.40. The first-order valence-corrected chi connectivity index (χ1v) is 12.2. The van der Waals surface area contributed by atoms with Gasteiger partial charge in [0.05, 0.1) is 11.4 Å². The third-order valence-electron chi connectivity index (χ3n) is 6.32. The van der Waals surface area contributed by atoms with Crippen molar-refractivity contribution in [2.45, 2.75) is 66.2 Å². The maximum absolute atomic E-state index is 13.1. The van der Waals surface area contributed by atoms with Gasteiger partial charge in [0.1, 0.15) is 11.8 Å². The second-order valence-corrected chi connectivity index (χ2v) is 8.99. The zero-order valence-electron chi connectivity index (χ0n) is 20.5. The van der Waals surface area contributed by atoms with E-state index in [1.54, 1.807) is 38.1 Å². The van der Waals surface area contributed by atoms with E-state index in [4.69, 9.17) is 0 Å². The molecule has 2 amide bonds. The molecule has 0 bridgehead atoms. The summed E-state index contributed by atoms with van der Waals surface area (Å²) in [4.78, 5) is 51.6. The average molecular weight is 467 g/mol. The summed E-state index contributed by atoms with van der Waals surface area (Å²) in [5, 5.41) is 11.4. The monoisotopic (exact) mass is 466 g/mol. The van der Waals surface area contributed by atoms with Crippen molar-refractivity contribution in [3.05, 3.63) is 35.4 Å². The highest BCUT2D eigenvalue weighted by Crippen LogP contribution is 2.24. The Morgan fingerprint density at radius 2 is 1.06 bits per heavy atom. The van der Waals surface area contributed by atoms with Crippen LogP contribution in [0, 0.1) is 11.8 Å². The lowest BCUT2D eigenvalue weighted by Gasteiger charge is -2.14. The van der Waals surface area contributed by atoms with Crippen molar-refractivity contribution in [1.82, 2.24) is 10.0 Å². The molecule has 3 rings (SSSR count). The van der Waals surface area contributed by atoms with Gasteiger partial charge < -0.3 is 0 Å². The van der Waals surface area contributed by atoms with Crippen LogP contribution in [-0.2, 0) is 9.59 Å². The lowest BCUT2D eigenvalue weighted by atomic mass is 9.90. The highest BCUT2D eigenvalue weighted by atomic mass is 16.2. The largest absolute Gasteiger partial charge is 0.293 e. The first kappa shape index (κ1) is 25.5. The van der Waals surface area contributed by atoms with E-state index >= 15 is 0 Å². The number of hydrogen-bond acceptors (Lipinski definition) is 6. The Bertz CT molecular complexity index is 931. The zero-order chi connectivity index (χ0) is 24.8. The van der Waals surface area contributed by atoms with Gasteiger partial charge in [0.25, 0.3) is 11.8 Å². The lowest BCUT2D eigenvalue weighted by Crippen LogP contribution is -2.34. The van der Waals surface area contributed by atoms with E-state index in [0.717, 1.165) is 38.5 Å². The van der Waals surface area contributed by atoms with Gasteiger partial charge in [-0.1, -0.05) is 63.8 Å². The van der Waals surface area contributed by atoms with Gasteiger partial charge >= 0.3 is 0 Å². The Hall–Kier alpha value is -3.16. The fourth-order valence-corrected chi connectivity index (χ4v) is 4.33.